The van der Waals surface area contributed by atoms with E-state index in [-0.39, 0.29) is 5.69 Å². The number of benzene rings is 1. The summed E-state index contributed by atoms with van der Waals surface area (Å²) in [5, 5.41) is 3.26. The molecule has 2 aliphatic carbocycles. The lowest BCUT2D eigenvalue weighted by Crippen LogP contribution is -2.26. The minimum Gasteiger partial charge on any atom is -0.398 e. The fourth-order valence-electron chi connectivity index (χ4n) is 3.53. The molecule has 0 heterocycles. The highest BCUT2D eigenvalue weighted by Crippen LogP contribution is 2.46. The van der Waals surface area contributed by atoms with Crippen LogP contribution in [0.25, 0.3) is 0 Å². The van der Waals surface area contributed by atoms with Crippen molar-refractivity contribution in [1.82, 2.24) is 0 Å². The van der Waals surface area contributed by atoms with Gasteiger partial charge in [-0.05, 0) is 49.3 Å². The monoisotopic (exact) mass is 270 g/mol. The first-order valence-corrected chi connectivity index (χ1v) is 6.67. The first-order chi connectivity index (χ1) is 8.93. The SMILES string of the molecule is Nc1ccc(NC2CC3CCC2C3)cc1C(F)(F)F. The Morgan fingerprint density at radius 2 is 1.95 bits per heavy atom. The average molecular weight is 270 g/mol. The van der Waals surface area contributed by atoms with Gasteiger partial charge in [-0.25, -0.2) is 0 Å². The summed E-state index contributed by atoms with van der Waals surface area (Å²) < 4.78 is 38.4. The molecule has 3 unspecified atom stereocenters. The standard InChI is InChI=1S/C14H17F3N2/c15-14(16,17)11-7-10(3-4-12(11)18)19-13-6-8-1-2-9(13)5-8/h3-4,7-9,13,19H,1-2,5-6,18H2. The molecule has 5 heteroatoms. The highest BCUT2D eigenvalue weighted by atomic mass is 19.4. The molecule has 3 atom stereocenters. The van der Waals surface area contributed by atoms with Gasteiger partial charge in [-0.2, -0.15) is 13.2 Å². The van der Waals surface area contributed by atoms with E-state index >= 15 is 0 Å². The summed E-state index contributed by atoms with van der Waals surface area (Å²) in [4.78, 5) is 0. The van der Waals surface area contributed by atoms with Crippen molar-refractivity contribution in [3.05, 3.63) is 23.8 Å². The number of nitrogens with one attached hydrogen (secondary N) is 1. The van der Waals surface area contributed by atoms with E-state index in [9.17, 15) is 13.2 Å². The maximum absolute atomic E-state index is 12.8. The van der Waals surface area contributed by atoms with Crippen molar-refractivity contribution >= 4 is 11.4 Å². The van der Waals surface area contributed by atoms with Crippen LogP contribution in [0.5, 0.6) is 0 Å². The van der Waals surface area contributed by atoms with Crippen molar-refractivity contribution in [3.8, 4) is 0 Å². The third-order valence-electron chi connectivity index (χ3n) is 4.45. The van der Waals surface area contributed by atoms with Crippen LogP contribution in [0.4, 0.5) is 24.5 Å². The van der Waals surface area contributed by atoms with E-state index in [1.807, 2.05) is 0 Å². The van der Waals surface area contributed by atoms with Crippen LogP contribution in [0.2, 0.25) is 0 Å². The zero-order chi connectivity index (χ0) is 13.6. The maximum Gasteiger partial charge on any atom is 0.418 e. The fraction of sp³-hybridized carbons (Fsp3) is 0.571. The zero-order valence-corrected chi connectivity index (χ0v) is 10.5. The molecule has 0 saturated heterocycles. The number of anilines is 2. The summed E-state index contributed by atoms with van der Waals surface area (Å²) >= 11 is 0. The lowest BCUT2D eigenvalue weighted by Gasteiger charge is -2.24. The average Bonchev–Trinajstić information content (AvgIpc) is 2.92. The number of hydrogen-bond donors (Lipinski definition) is 2. The fourth-order valence-corrected chi connectivity index (χ4v) is 3.53. The predicted octanol–water partition coefficient (Wildman–Crippen LogP) is 3.89. The van der Waals surface area contributed by atoms with Crippen molar-refractivity contribution in [1.29, 1.82) is 0 Å². The van der Waals surface area contributed by atoms with Gasteiger partial charge in [0.05, 0.1) is 5.56 Å². The van der Waals surface area contributed by atoms with E-state index in [0.717, 1.165) is 18.4 Å². The van der Waals surface area contributed by atoms with Gasteiger partial charge in [-0.3, -0.25) is 0 Å². The Labute approximate surface area is 110 Å². The molecular formula is C14H17F3N2. The Morgan fingerprint density at radius 1 is 1.16 bits per heavy atom. The molecule has 1 aromatic carbocycles. The van der Waals surface area contributed by atoms with E-state index < -0.39 is 11.7 Å². The number of hydrogen-bond acceptors (Lipinski definition) is 2. The van der Waals surface area contributed by atoms with Gasteiger partial charge in [0.2, 0.25) is 0 Å². The number of nitrogens with two attached hydrogens (primary N) is 1. The predicted molar refractivity (Wildman–Crippen MR) is 68.7 cm³/mol. The topological polar surface area (TPSA) is 38.0 Å². The van der Waals surface area contributed by atoms with Gasteiger partial charge in [0.1, 0.15) is 0 Å². The molecule has 3 rings (SSSR count). The van der Waals surface area contributed by atoms with Crippen LogP contribution in [0, 0.1) is 11.8 Å². The van der Waals surface area contributed by atoms with Crippen LogP contribution in [0.15, 0.2) is 18.2 Å². The number of rotatable bonds is 2. The molecule has 0 aliphatic heterocycles. The summed E-state index contributed by atoms with van der Waals surface area (Å²) in [6.45, 7) is 0. The van der Waals surface area contributed by atoms with Gasteiger partial charge in [0, 0.05) is 17.4 Å². The quantitative estimate of drug-likeness (QED) is 0.800. The van der Waals surface area contributed by atoms with Crippen molar-refractivity contribution in [3.63, 3.8) is 0 Å². The van der Waals surface area contributed by atoms with Crippen LogP contribution in [0.3, 0.4) is 0 Å². The second-order valence-electron chi connectivity index (χ2n) is 5.73. The van der Waals surface area contributed by atoms with Crippen molar-refractivity contribution in [2.24, 2.45) is 11.8 Å². The smallest absolute Gasteiger partial charge is 0.398 e. The Balaban J connectivity index is 1.78. The summed E-state index contributed by atoms with van der Waals surface area (Å²) in [6, 6.07) is 4.42. The Kier molecular flexibility index (Phi) is 2.87. The van der Waals surface area contributed by atoms with Crippen LogP contribution in [-0.4, -0.2) is 6.04 Å². The van der Waals surface area contributed by atoms with Gasteiger partial charge >= 0.3 is 6.18 Å². The van der Waals surface area contributed by atoms with Crippen LogP contribution in [-0.2, 0) is 6.18 Å². The van der Waals surface area contributed by atoms with Crippen molar-refractivity contribution in [2.75, 3.05) is 11.1 Å². The second-order valence-corrected chi connectivity index (χ2v) is 5.73. The van der Waals surface area contributed by atoms with Gasteiger partial charge in [-0.1, -0.05) is 6.42 Å². The number of fused-ring (bicyclic) bond motifs is 2. The normalized spacial score (nSPS) is 29.7. The molecule has 104 valence electrons. The molecule has 2 fully saturated rings. The molecule has 0 aromatic heterocycles. The van der Waals surface area contributed by atoms with Gasteiger partial charge in [0.15, 0.2) is 0 Å². The van der Waals surface area contributed by atoms with Crippen LogP contribution >= 0.6 is 0 Å². The number of halogens is 3. The van der Waals surface area contributed by atoms with Crippen LogP contribution in [0.1, 0.15) is 31.2 Å². The lowest BCUT2D eigenvalue weighted by atomic mass is 9.95. The summed E-state index contributed by atoms with van der Waals surface area (Å²) in [5.74, 6) is 1.38. The number of nitrogen functional groups attached to an aromatic ring is 1. The Morgan fingerprint density at radius 3 is 2.53 bits per heavy atom. The van der Waals surface area contributed by atoms with Gasteiger partial charge in [-0.15, -0.1) is 0 Å². The van der Waals surface area contributed by atoms with Crippen molar-refractivity contribution in [2.45, 2.75) is 37.9 Å². The minimum absolute atomic E-state index is 0.217. The third kappa shape index (κ3) is 2.38. The first-order valence-electron chi connectivity index (χ1n) is 6.67. The highest BCUT2D eigenvalue weighted by Gasteiger charge is 2.39. The van der Waals surface area contributed by atoms with Gasteiger partial charge in [0.25, 0.3) is 0 Å². The third-order valence-corrected chi connectivity index (χ3v) is 4.45. The van der Waals surface area contributed by atoms with E-state index in [2.05, 4.69) is 5.32 Å². The van der Waals surface area contributed by atoms with E-state index in [1.54, 1.807) is 6.07 Å². The van der Waals surface area contributed by atoms with E-state index in [0.29, 0.717) is 17.6 Å². The molecule has 2 nitrogen and oxygen atoms in total. The highest BCUT2D eigenvalue weighted by molar-refractivity contribution is 5.58. The lowest BCUT2D eigenvalue weighted by molar-refractivity contribution is -0.136. The van der Waals surface area contributed by atoms with E-state index in [1.165, 1.54) is 25.3 Å². The van der Waals surface area contributed by atoms with Crippen LogP contribution < -0.4 is 11.1 Å². The molecule has 0 radical (unpaired) electrons. The summed E-state index contributed by atoms with van der Waals surface area (Å²) in [7, 11) is 0. The molecule has 2 aliphatic rings. The first kappa shape index (κ1) is 12.6. The minimum atomic E-state index is -4.39. The molecule has 3 N–H and O–H groups in total. The number of alkyl halides is 3. The second kappa shape index (κ2) is 4.32. The molecule has 0 amide bonds. The molecule has 1 aromatic rings. The molecule has 19 heavy (non-hydrogen) atoms. The molecular weight excluding hydrogens is 253 g/mol. The van der Waals surface area contributed by atoms with Crippen molar-refractivity contribution < 1.29 is 13.2 Å². The molecule has 2 bridgehead atoms. The Hall–Kier alpha value is -1.39. The Bertz CT molecular complexity index is 484. The van der Waals surface area contributed by atoms with Gasteiger partial charge < -0.3 is 11.1 Å². The zero-order valence-electron chi connectivity index (χ0n) is 10.5. The maximum atomic E-state index is 12.8. The van der Waals surface area contributed by atoms with E-state index in [4.69, 9.17) is 5.73 Å². The molecule has 0 spiro atoms. The summed E-state index contributed by atoms with van der Waals surface area (Å²) in [5.41, 5.74) is 4.96. The molecule has 2 saturated carbocycles. The summed E-state index contributed by atoms with van der Waals surface area (Å²) in [6.07, 6.45) is 0.382. The largest absolute Gasteiger partial charge is 0.418 e.